The fraction of sp³-hybridized carbons (Fsp3) is 0.273. The summed E-state index contributed by atoms with van der Waals surface area (Å²) in [5, 5.41) is -0.395. The van der Waals surface area contributed by atoms with Gasteiger partial charge in [0.25, 0.3) is 0 Å². The lowest BCUT2D eigenvalue weighted by molar-refractivity contribution is -0.137. The van der Waals surface area contributed by atoms with Crippen molar-refractivity contribution in [2.24, 2.45) is 0 Å². The first-order valence-electron chi connectivity index (χ1n) is 14.5. The van der Waals surface area contributed by atoms with Crippen molar-refractivity contribution in [1.82, 2.24) is 4.90 Å². The maximum atomic E-state index is 14.9. The number of nitrogens with zero attached hydrogens (tertiary/aromatic N) is 1. The summed E-state index contributed by atoms with van der Waals surface area (Å²) in [6.07, 6.45) is -3.54. The van der Waals surface area contributed by atoms with Crippen LogP contribution in [0.5, 0.6) is 5.75 Å². The van der Waals surface area contributed by atoms with Crippen molar-refractivity contribution in [1.29, 1.82) is 0 Å². The molecule has 48 heavy (non-hydrogen) atoms. The van der Waals surface area contributed by atoms with Gasteiger partial charge in [0, 0.05) is 43.4 Å². The number of ether oxygens (including phenoxy) is 1. The predicted molar refractivity (Wildman–Crippen MR) is 173 cm³/mol. The van der Waals surface area contributed by atoms with E-state index in [0.717, 1.165) is 35.6 Å². The maximum Gasteiger partial charge on any atom is 0.469 e. The Labute approximate surface area is 281 Å². The third-order valence-electron chi connectivity index (χ3n) is 7.41. The first-order chi connectivity index (χ1) is 22.5. The molecule has 0 saturated heterocycles. The highest BCUT2D eigenvalue weighted by Crippen LogP contribution is 2.39. The van der Waals surface area contributed by atoms with Gasteiger partial charge in [0.1, 0.15) is 11.6 Å². The monoisotopic (exact) mass is 729 g/mol. The van der Waals surface area contributed by atoms with Gasteiger partial charge < -0.3 is 14.5 Å². The van der Waals surface area contributed by atoms with E-state index in [-0.39, 0.29) is 30.4 Å². The van der Waals surface area contributed by atoms with Crippen LogP contribution in [0.15, 0.2) is 95.9 Å². The Morgan fingerprint density at radius 3 is 2.08 bits per heavy atom. The van der Waals surface area contributed by atoms with Gasteiger partial charge in [-0.1, -0.05) is 84.4 Å². The molecule has 0 radical (unpaired) electrons. The molecule has 8 nitrogen and oxygen atoms in total. The van der Waals surface area contributed by atoms with Crippen LogP contribution in [0.2, 0.25) is 5.02 Å². The van der Waals surface area contributed by atoms with Crippen molar-refractivity contribution >= 4 is 29.3 Å². The van der Waals surface area contributed by atoms with Crippen LogP contribution in [0.1, 0.15) is 40.2 Å². The van der Waals surface area contributed by atoms with Gasteiger partial charge in [-0.3, -0.25) is 9.42 Å². The fourth-order valence-electron chi connectivity index (χ4n) is 5.20. The lowest BCUT2D eigenvalue weighted by Crippen LogP contribution is -2.31. The molecule has 0 aliphatic heterocycles. The third kappa shape index (κ3) is 10.6. The quantitative estimate of drug-likeness (QED) is 0.0731. The average molecular weight is 730 g/mol. The van der Waals surface area contributed by atoms with Crippen LogP contribution < -0.4 is 4.74 Å². The van der Waals surface area contributed by atoms with Gasteiger partial charge >= 0.3 is 14.0 Å². The van der Waals surface area contributed by atoms with E-state index < -0.39 is 57.3 Å². The Balaban J connectivity index is 1.58. The highest BCUT2D eigenvalue weighted by atomic mass is 35.5. The molecule has 0 unspecified atom stereocenters. The number of hydrogen-bond donors (Lipinski definition) is 2. The van der Waals surface area contributed by atoms with Gasteiger partial charge in [-0.15, -0.1) is 0 Å². The van der Waals surface area contributed by atoms with E-state index in [2.05, 4.69) is 4.52 Å². The highest BCUT2D eigenvalue weighted by Gasteiger charge is 2.34. The molecule has 0 fully saturated rings. The van der Waals surface area contributed by atoms with Crippen molar-refractivity contribution in [3.8, 4) is 5.75 Å². The molecule has 0 aliphatic carbocycles. The summed E-state index contributed by atoms with van der Waals surface area (Å²) in [5.41, 5.74) is 0.759. The zero-order chi connectivity index (χ0) is 35.1. The molecule has 0 aromatic heterocycles. The average Bonchev–Trinajstić information content (AvgIpc) is 3.01. The summed E-state index contributed by atoms with van der Waals surface area (Å²) in [6.45, 7) is -0.259. The Morgan fingerprint density at radius 1 is 0.938 bits per heavy atom. The standard InChI is InChI=1S/C33H33ClF4NO7PS/c1-48(43,44)31-19-26(18-30(35)28(31)22-46-47(40,41)42)45-17-9-16-39(20-25-14-8-15-29(32(25)34)33(36,37)38)21-27(23-10-4-2-5-11-23)24-12-6-3-7-13-24/h2-8,10-15,18-19,27H,9,16-17,20-22H2,1H3,(H2,40,41,42). The van der Waals surface area contributed by atoms with E-state index in [1.807, 2.05) is 65.6 Å². The summed E-state index contributed by atoms with van der Waals surface area (Å²) in [5.74, 6) is -1.41. The van der Waals surface area contributed by atoms with Gasteiger partial charge in [-0.05, 0) is 35.2 Å². The van der Waals surface area contributed by atoms with E-state index in [1.165, 1.54) is 12.1 Å². The predicted octanol–water partition coefficient (Wildman–Crippen LogP) is 7.61. The molecule has 0 saturated carbocycles. The van der Waals surface area contributed by atoms with E-state index >= 15 is 0 Å². The molecule has 258 valence electrons. The second-order valence-corrected chi connectivity index (χ2v) is 14.6. The number of rotatable bonds is 15. The number of phosphoric ester groups is 1. The number of benzene rings is 4. The molecule has 0 atom stereocenters. The molecular weight excluding hydrogens is 697 g/mol. The molecule has 4 aromatic rings. The Kier molecular flexibility index (Phi) is 12.5. The second-order valence-electron chi connectivity index (χ2n) is 11.0. The Hall–Kier alpha value is -3.29. The first-order valence-corrected chi connectivity index (χ1v) is 18.3. The number of alkyl halides is 3. The first kappa shape index (κ1) is 37.5. The van der Waals surface area contributed by atoms with Crippen molar-refractivity contribution in [3.63, 3.8) is 0 Å². The summed E-state index contributed by atoms with van der Waals surface area (Å²) in [4.78, 5) is 19.3. The normalized spacial score (nSPS) is 12.5. The van der Waals surface area contributed by atoms with Gasteiger partial charge in [-0.25, -0.2) is 17.4 Å². The van der Waals surface area contributed by atoms with Crippen LogP contribution in [-0.2, 0) is 38.3 Å². The summed E-state index contributed by atoms with van der Waals surface area (Å²) < 4.78 is 102. The van der Waals surface area contributed by atoms with E-state index in [0.29, 0.717) is 19.5 Å². The van der Waals surface area contributed by atoms with Crippen molar-refractivity contribution in [2.45, 2.75) is 36.6 Å². The molecule has 2 N–H and O–H groups in total. The van der Waals surface area contributed by atoms with E-state index in [9.17, 15) is 30.5 Å². The van der Waals surface area contributed by atoms with Gasteiger partial charge in [0.15, 0.2) is 9.84 Å². The summed E-state index contributed by atoms with van der Waals surface area (Å²) in [7, 11) is -9.08. The Morgan fingerprint density at radius 2 is 1.54 bits per heavy atom. The van der Waals surface area contributed by atoms with Crippen LogP contribution in [0.4, 0.5) is 17.6 Å². The van der Waals surface area contributed by atoms with Gasteiger partial charge in [-0.2, -0.15) is 13.2 Å². The van der Waals surface area contributed by atoms with Crippen LogP contribution in [0.25, 0.3) is 0 Å². The SMILES string of the molecule is CS(=O)(=O)c1cc(OCCCN(Cc2cccc(C(F)(F)F)c2Cl)CC(c2ccccc2)c2ccccc2)cc(F)c1COP(=O)(O)O. The van der Waals surface area contributed by atoms with Gasteiger partial charge in [0.2, 0.25) is 0 Å². The zero-order valence-corrected chi connectivity index (χ0v) is 28.1. The van der Waals surface area contributed by atoms with Crippen LogP contribution >= 0.6 is 19.4 Å². The largest absolute Gasteiger partial charge is 0.493 e. The van der Waals surface area contributed by atoms with Crippen molar-refractivity contribution in [3.05, 3.63) is 130 Å². The van der Waals surface area contributed by atoms with Crippen molar-refractivity contribution in [2.75, 3.05) is 26.0 Å². The van der Waals surface area contributed by atoms with Crippen molar-refractivity contribution < 1.29 is 49.6 Å². The number of sulfone groups is 1. The molecule has 0 bridgehead atoms. The number of halogens is 5. The van der Waals surface area contributed by atoms with E-state index in [4.69, 9.17) is 26.1 Å². The topological polar surface area (TPSA) is 113 Å². The smallest absolute Gasteiger partial charge is 0.469 e. The fourth-order valence-corrected chi connectivity index (χ4v) is 6.72. The molecule has 15 heteroatoms. The third-order valence-corrected chi connectivity index (χ3v) is 9.49. The molecule has 0 aliphatic rings. The lowest BCUT2D eigenvalue weighted by atomic mass is 9.90. The molecule has 4 rings (SSSR count). The number of hydrogen-bond acceptors (Lipinski definition) is 6. The van der Waals surface area contributed by atoms with Gasteiger partial charge in [0.05, 0.1) is 28.7 Å². The maximum absolute atomic E-state index is 14.9. The molecular formula is C33H33ClF4NO7PS. The minimum atomic E-state index is -5.02. The second kappa shape index (κ2) is 15.9. The van der Waals surface area contributed by atoms with E-state index in [1.54, 1.807) is 0 Å². The van der Waals surface area contributed by atoms with Crippen LogP contribution in [-0.4, -0.2) is 49.1 Å². The van der Waals surface area contributed by atoms with Crippen LogP contribution in [0, 0.1) is 5.82 Å². The molecule has 0 amide bonds. The molecule has 0 spiro atoms. The van der Waals surface area contributed by atoms with Crippen LogP contribution in [0.3, 0.4) is 0 Å². The molecule has 4 aromatic carbocycles. The molecule has 0 heterocycles. The minimum Gasteiger partial charge on any atom is -0.493 e. The minimum absolute atomic E-state index is 0.0326. The summed E-state index contributed by atoms with van der Waals surface area (Å²) >= 11 is 6.27. The number of phosphoric acid groups is 1. The summed E-state index contributed by atoms with van der Waals surface area (Å²) in [6, 6.07) is 25.0. The lowest BCUT2D eigenvalue weighted by Gasteiger charge is -2.29. The highest BCUT2D eigenvalue weighted by molar-refractivity contribution is 7.90. The Bertz CT molecular complexity index is 1800. The zero-order valence-electron chi connectivity index (χ0n) is 25.6.